The minimum absolute atomic E-state index is 0.134. The normalized spacial score (nSPS) is 18.9. The molecule has 10 nitrogen and oxygen atoms in total. The fraction of sp³-hybridized carbons (Fsp3) is 0.577. The molecule has 2 aromatic heterocycles. The number of ether oxygens (including phenoxy) is 2. The zero-order chi connectivity index (χ0) is 26.8. The topological polar surface area (TPSA) is 94.7 Å². The van der Waals surface area contributed by atoms with Crippen LogP contribution in [0.25, 0.3) is 10.9 Å². The molecule has 3 aliphatic rings. The molecule has 5 heterocycles. The first-order chi connectivity index (χ1) is 19.0. The van der Waals surface area contributed by atoms with Crippen molar-refractivity contribution >= 4 is 22.4 Å². The molecule has 210 valence electrons. The van der Waals surface area contributed by atoms with Crippen LogP contribution in [-0.2, 0) is 23.9 Å². The lowest BCUT2D eigenvalue weighted by atomic mass is 10.0. The van der Waals surface area contributed by atoms with E-state index in [4.69, 9.17) is 19.4 Å². The zero-order valence-electron chi connectivity index (χ0n) is 21.8. The molecule has 0 atom stereocenters. The maximum atomic E-state index is 14.1. The van der Waals surface area contributed by atoms with E-state index in [0.717, 1.165) is 82.9 Å². The van der Waals surface area contributed by atoms with Crippen molar-refractivity contribution in [3.8, 4) is 6.01 Å². The maximum Gasteiger partial charge on any atom is 0.418 e. The van der Waals surface area contributed by atoms with Crippen LogP contribution in [0.15, 0.2) is 18.3 Å². The van der Waals surface area contributed by atoms with Gasteiger partial charge in [-0.25, -0.2) is 0 Å². The van der Waals surface area contributed by atoms with Crippen LogP contribution in [0.1, 0.15) is 23.2 Å². The van der Waals surface area contributed by atoms with Crippen LogP contribution >= 0.6 is 0 Å². The van der Waals surface area contributed by atoms with E-state index in [-0.39, 0.29) is 18.2 Å². The van der Waals surface area contributed by atoms with Crippen LogP contribution in [-0.4, -0.2) is 97.2 Å². The van der Waals surface area contributed by atoms with Gasteiger partial charge in [-0.1, -0.05) is 0 Å². The zero-order valence-corrected chi connectivity index (χ0v) is 21.8. The molecule has 0 spiro atoms. The van der Waals surface area contributed by atoms with E-state index in [2.05, 4.69) is 25.3 Å². The third-order valence-corrected chi connectivity index (χ3v) is 7.61. The summed E-state index contributed by atoms with van der Waals surface area (Å²) < 4.78 is 53.7. The van der Waals surface area contributed by atoms with Crippen molar-refractivity contribution in [2.75, 3.05) is 82.0 Å². The number of rotatable bonds is 7. The molecule has 2 saturated heterocycles. The lowest BCUT2D eigenvalue weighted by molar-refractivity contribution is -0.137. The number of halogens is 3. The first kappa shape index (κ1) is 26.1. The van der Waals surface area contributed by atoms with Gasteiger partial charge in [0.05, 0.1) is 55.0 Å². The number of hydrogen-bond acceptors (Lipinski definition) is 9. The largest absolute Gasteiger partial charge is 0.463 e. The first-order valence-electron chi connectivity index (χ1n) is 13.5. The second-order valence-electron chi connectivity index (χ2n) is 10.1. The Labute approximate surface area is 224 Å². The van der Waals surface area contributed by atoms with Crippen molar-refractivity contribution in [1.82, 2.24) is 30.4 Å². The molecule has 39 heavy (non-hydrogen) atoms. The molecule has 0 unspecified atom stereocenters. The van der Waals surface area contributed by atoms with Crippen LogP contribution in [0, 0.1) is 0 Å². The molecule has 2 fully saturated rings. The Balaban J connectivity index is 1.28. The second-order valence-corrected chi connectivity index (χ2v) is 10.1. The van der Waals surface area contributed by atoms with Gasteiger partial charge in [0.1, 0.15) is 5.82 Å². The number of nitrogens with zero attached hydrogens (tertiary/aromatic N) is 6. The molecule has 3 aliphatic heterocycles. The van der Waals surface area contributed by atoms with Crippen LogP contribution in [0.5, 0.6) is 6.01 Å². The summed E-state index contributed by atoms with van der Waals surface area (Å²) in [5, 5.41) is 10.6. The summed E-state index contributed by atoms with van der Waals surface area (Å²) in [4.78, 5) is 15.9. The van der Waals surface area contributed by atoms with Gasteiger partial charge in [0, 0.05) is 63.3 Å². The third-order valence-electron chi connectivity index (χ3n) is 7.61. The minimum Gasteiger partial charge on any atom is -0.463 e. The molecular weight excluding hydrogens is 513 g/mol. The lowest BCUT2D eigenvalue weighted by Gasteiger charge is -2.36. The minimum atomic E-state index is -4.49. The van der Waals surface area contributed by atoms with Crippen LogP contribution < -0.4 is 19.9 Å². The van der Waals surface area contributed by atoms with Gasteiger partial charge in [0.25, 0.3) is 0 Å². The highest BCUT2D eigenvalue weighted by atomic mass is 19.4. The summed E-state index contributed by atoms with van der Waals surface area (Å²) in [5.74, 6) is 0.835. The van der Waals surface area contributed by atoms with Crippen molar-refractivity contribution in [2.24, 2.45) is 0 Å². The van der Waals surface area contributed by atoms with Crippen molar-refractivity contribution < 1.29 is 22.6 Å². The van der Waals surface area contributed by atoms with E-state index in [9.17, 15) is 13.2 Å². The van der Waals surface area contributed by atoms with Crippen molar-refractivity contribution in [3.05, 3.63) is 35.2 Å². The molecular formula is C26H33F3N8O2. The molecule has 0 saturated carbocycles. The molecule has 13 heteroatoms. The van der Waals surface area contributed by atoms with E-state index in [1.165, 1.54) is 12.3 Å². The second kappa shape index (κ2) is 11.1. The lowest BCUT2D eigenvalue weighted by Crippen LogP contribution is -2.45. The van der Waals surface area contributed by atoms with Crippen molar-refractivity contribution in [1.29, 1.82) is 0 Å². The number of anilines is 2. The predicted octanol–water partition coefficient (Wildman–Crippen LogP) is 2.45. The summed E-state index contributed by atoms with van der Waals surface area (Å²) in [6.45, 7) is 8.65. The third kappa shape index (κ3) is 5.61. The highest BCUT2D eigenvalue weighted by molar-refractivity contribution is 5.94. The number of benzene rings is 1. The summed E-state index contributed by atoms with van der Waals surface area (Å²) in [7, 11) is 0. The smallest absolute Gasteiger partial charge is 0.418 e. The first-order valence-corrected chi connectivity index (χ1v) is 13.5. The fourth-order valence-electron chi connectivity index (χ4n) is 5.63. The maximum absolute atomic E-state index is 14.1. The van der Waals surface area contributed by atoms with Gasteiger partial charge in [-0.2, -0.15) is 28.2 Å². The number of fused-ring (bicyclic) bond motifs is 2. The Morgan fingerprint density at radius 1 is 1.00 bits per heavy atom. The average Bonchev–Trinajstić information content (AvgIpc) is 3.44. The predicted molar refractivity (Wildman–Crippen MR) is 140 cm³/mol. The summed E-state index contributed by atoms with van der Waals surface area (Å²) in [6, 6.07) is 2.84. The Hall–Kier alpha value is -3.16. The highest BCUT2D eigenvalue weighted by Gasteiger charge is 2.37. The van der Waals surface area contributed by atoms with Crippen molar-refractivity contribution in [2.45, 2.75) is 25.6 Å². The number of aromatic nitrogens is 4. The molecule has 2 N–H and O–H groups in total. The Bertz CT molecular complexity index is 1290. The standard InChI is InChI=1S/C26H33F3N8O2/c27-26(28,29)20-2-3-21-19(16-31-34-21)23(20)37-8-4-18-22(17-37)32-25(33-24(18)36-9-5-30-6-10-36)39-13-1-7-35-11-14-38-15-12-35/h2-3,16,30H,1,4-15,17H2,(H,31,34). The monoisotopic (exact) mass is 546 g/mol. The van der Waals surface area contributed by atoms with Gasteiger partial charge in [0.15, 0.2) is 0 Å². The Kier molecular flexibility index (Phi) is 7.45. The quantitative estimate of drug-likeness (QED) is 0.434. The van der Waals surface area contributed by atoms with Crippen LogP contribution in [0.4, 0.5) is 24.7 Å². The molecule has 0 amide bonds. The van der Waals surface area contributed by atoms with Crippen LogP contribution in [0.3, 0.4) is 0 Å². The number of hydrogen-bond donors (Lipinski definition) is 2. The molecule has 0 aliphatic carbocycles. The number of morpholine rings is 1. The average molecular weight is 547 g/mol. The number of alkyl halides is 3. The van der Waals surface area contributed by atoms with E-state index >= 15 is 0 Å². The SMILES string of the molecule is FC(F)(F)c1ccc2[nH]ncc2c1N1CCc2c(nc(OCCCN3CCOCC3)nc2N2CCNCC2)C1. The number of aromatic amines is 1. The van der Waals surface area contributed by atoms with Gasteiger partial charge in [-0.15, -0.1) is 0 Å². The Morgan fingerprint density at radius 3 is 2.62 bits per heavy atom. The number of nitrogens with one attached hydrogen (secondary N) is 2. The van der Waals surface area contributed by atoms with Crippen molar-refractivity contribution in [3.63, 3.8) is 0 Å². The van der Waals surface area contributed by atoms with Gasteiger partial charge in [-0.05, 0) is 25.0 Å². The number of H-pyrrole nitrogens is 1. The van der Waals surface area contributed by atoms with Crippen LogP contribution in [0.2, 0.25) is 0 Å². The van der Waals surface area contributed by atoms with Gasteiger partial charge in [-0.3, -0.25) is 10.00 Å². The fourth-order valence-corrected chi connectivity index (χ4v) is 5.63. The van der Waals surface area contributed by atoms with E-state index in [0.29, 0.717) is 36.2 Å². The highest BCUT2D eigenvalue weighted by Crippen LogP contribution is 2.42. The van der Waals surface area contributed by atoms with E-state index in [1.54, 1.807) is 4.90 Å². The molecule has 0 radical (unpaired) electrons. The summed E-state index contributed by atoms with van der Waals surface area (Å²) >= 11 is 0. The Morgan fingerprint density at radius 2 is 1.82 bits per heavy atom. The van der Waals surface area contributed by atoms with Gasteiger partial charge in [0.2, 0.25) is 0 Å². The van der Waals surface area contributed by atoms with E-state index < -0.39 is 11.7 Å². The molecule has 3 aromatic rings. The molecule has 0 bridgehead atoms. The summed E-state index contributed by atoms with van der Waals surface area (Å²) in [5.41, 5.74) is 1.73. The van der Waals surface area contributed by atoms with Gasteiger partial charge >= 0.3 is 12.2 Å². The number of piperazine rings is 1. The van der Waals surface area contributed by atoms with Gasteiger partial charge < -0.3 is 24.6 Å². The van der Waals surface area contributed by atoms with E-state index in [1.807, 2.05) is 0 Å². The molecule has 1 aromatic carbocycles. The summed E-state index contributed by atoms with van der Waals surface area (Å²) in [6.07, 6.45) is -1.66. The molecule has 6 rings (SSSR count).